The predicted molar refractivity (Wildman–Crippen MR) is 61.7 cm³/mol. The van der Waals surface area contributed by atoms with Crippen LogP contribution in [0, 0.1) is 0 Å². The number of carbonyl (C=O) groups excluding carboxylic acids is 1. The van der Waals surface area contributed by atoms with Gasteiger partial charge in [0.15, 0.2) is 0 Å². The number of aliphatic hydroxyl groups is 1. The molecule has 102 valence electrons. The maximum Gasteiger partial charge on any atom is 0.407 e. The molecule has 3 N–H and O–H groups in total. The second-order valence-corrected chi connectivity index (χ2v) is 5.56. The average Bonchev–Trinajstić information content (AvgIpc) is 2.99. The summed E-state index contributed by atoms with van der Waals surface area (Å²) in [6.07, 6.45) is -1.83. The smallest absolute Gasteiger partial charge is 0.407 e. The van der Waals surface area contributed by atoms with E-state index >= 15 is 0 Å². The summed E-state index contributed by atoms with van der Waals surface area (Å²) in [7, 11) is 0. The molecule has 1 aliphatic heterocycles. The molecule has 7 nitrogen and oxygen atoms in total. The molecule has 4 atom stereocenters. The van der Waals surface area contributed by atoms with E-state index in [2.05, 4.69) is 10.5 Å². The number of hydrogen-bond acceptors (Lipinski definition) is 6. The average molecular weight is 258 g/mol. The number of carbonyl (C=O) groups is 1. The van der Waals surface area contributed by atoms with Gasteiger partial charge in [0, 0.05) is 6.42 Å². The minimum absolute atomic E-state index is 0.217. The van der Waals surface area contributed by atoms with Crippen molar-refractivity contribution in [3.8, 4) is 0 Å². The van der Waals surface area contributed by atoms with Crippen LogP contribution in [0.2, 0.25) is 0 Å². The summed E-state index contributed by atoms with van der Waals surface area (Å²) >= 11 is 0. The van der Waals surface area contributed by atoms with Crippen LogP contribution in [0.5, 0.6) is 0 Å². The molecule has 2 aliphatic rings. The highest BCUT2D eigenvalue weighted by Crippen LogP contribution is 2.36. The van der Waals surface area contributed by atoms with E-state index in [0.717, 1.165) is 0 Å². The molecule has 0 radical (unpaired) electrons. The lowest BCUT2D eigenvalue weighted by Gasteiger charge is -2.25. The number of ether oxygens (including phenoxy) is 2. The molecule has 0 spiro atoms. The number of nitrogens with zero attached hydrogens (tertiary/aromatic N) is 1. The van der Waals surface area contributed by atoms with Crippen LogP contribution >= 0.6 is 0 Å². The van der Waals surface area contributed by atoms with Gasteiger partial charge in [-0.3, -0.25) is 0 Å². The lowest BCUT2D eigenvalue weighted by atomic mass is 9.91. The maximum atomic E-state index is 11.6. The van der Waals surface area contributed by atoms with Crippen molar-refractivity contribution in [2.45, 2.75) is 57.1 Å². The van der Waals surface area contributed by atoms with Crippen LogP contribution in [0.1, 0.15) is 27.2 Å². The summed E-state index contributed by atoms with van der Waals surface area (Å²) in [6.45, 7) is 5.32. The Morgan fingerprint density at radius 2 is 2.17 bits per heavy atom. The third-order valence-corrected chi connectivity index (χ3v) is 2.87. The molecule has 1 heterocycles. The van der Waals surface area contributed by atoms with Crippen LogP contribution in [-0.2, 0) is 9.47 Å². The van der Waals surface area contributed by atoms with Crippen LogP contribution in [0.25, 0.3) is 0 Å². The van der Waals surface area contributed by atoms with Gasteiger partial charge >= 0.3 is 6.09 Å². The maximum absolute atomic E-state index is 11.6. The fourth-order valence-electron chi connectivity index (χ4n) is 2.06. The quantitative estimate of drug-likeness (QED) is 0.355. The predicted octanol–water partition coefficient (Wildman–Crippen LogP) is 0.242. The Labute approximate surface area is 105 Å². The van der Waals surface area contributed by atoms with Crippen molar-refractivity contribution in [2.24, 2.45) is 5.16 Å². The van der Waals surface area contributed by atoms with Gasteiger partial charge in [0.05, 0.1) is 11.8 Å². The normalized spacial score (nSPS) is 37.0. The molecule has 2 rings (SSSR count). The molecule has 0 aromatic rings. The molecule has 18 heavy (non-hydrogen) atoms. The molecular formula is C11H18N2O5. The first-order valence-electron chi connectivity index (χ1n) is 5.85. The number of fused-ring (bicyclic) bond motifs is 1. The zero-order valence-electron chi connectivity index (χ0n) is 10.6. The summed E-state index contributed by atoms with van der Waals surface area (Å²) in [6, 6.07) is -0.334. The molecule has 7 heteroatoms. The molecule has 1 saturated carbocycles. The molecule has 0 aromatic heterocycles. The highest BCUT2D eigenvalue weighted by molar-refractivity contribution is 5.91. The van der Waals surface area contributed by atoms with Crippen molar-refractivity contribution in [3.63, 3.8) is 0 Å². The monoisotopic (exact) mass is 258 g/mol. The first-order valence-corrected chi connectivity index (χ1v) is 5.85. The van der Waals surface area contributed by atoms with Crippen LogP contribution in [0.3, 0.4) is 0 Å². The fourth-order valence-corrected chi connectivity index (χ4v) is 2.06. The van der Waals surface area contributed by atoms with Gasteiger partial charge in [-0.1, -0.05) is 5.16 Å². The standard InChI is InChI=1S/C11H18N2O5/c1-11(2,3)18-10(15)12-6-4-5(13-16)7(14)9-8(6)17-9/h6-9,14,16H,4H2,1-3H3,(H,12,15)/b13-5-/t6-,7+,8-,9+/m1/s1. The van der Waals surface area contributed by atoms with E-state index in [-0.39, 0.29) is 24.3 Å². The van der Waals surface area contributed by atoms with Crippen molar-refractivity contribution in [3.05, 3.63) is 0 Å². The third kappa shape index (κ3) is 2.73. The number of epoxide rings is 1. The Hall–Kier alpha value is -1.34. The van der Waals surface area contributed by atoms with Gasteiger partial charge in [-0.05, 0) is 20.8 Å². The minimum atomic E-state index is -0.892. The largest absolute Gasteiger partial charge is 0.444 e. The van der Waals surface area contributed by atoms with Crippen LogP contribution in [0.4, 0.5) is 4.79 Å². The number of oxime groups is 1. The molecular weight excluding hydrogens is 240 g/mol. The van der Waals surface area contributed by atoms with Gasteiger partial charge in [0.25, 0.3) is 0 Å². The Balaban J connectivity index is 1.93. The molecule has 1 saturated heterocycles. The molecule has 1 amide bonds. The first-order chi connectivity index (χ1) is 8.31. The highest BCUT2D eigenvalue weighted by atomic mass is 16.6. The van der Waals surface area contributed by atoms with Crippen LogP contribution in [0.15, 0.2) is 5.16 Å². The minimum Gasteiger partial charge on any atom is -0.444 e. The van der Waals surface area contributed by atoms with Gasteiger partial charge in [-0.15, -0.1) is 0 Å². The summed E-state index contributed by atoms with van der Waals surface area (Å²) in [5.74, 6) is 0. The zero-order valence-corrected chi connectivity index (χ0v) is 10.6. The van der Waals surface area contributed by atoms with Gasteiger partial charge in [-0.25, -0.2) is 4.79 Å². The second kappa shape index (κ2) is 4.40. The summed E-state index contributed by atoms with van der Waals surface area (Å²) in [5, 5.41) is 24.1. The van der Waals surface area contributed by atoms with E-state index in [9.17, 15) is 9.90 Å². The Morgan fingerprint density at radius 1 is 1.50 bits per heavy atom. The molecule has 0 unspecified atom stereocenters. The summed E-state index contributed by atoms with van der Waals surface area (Å²) in [5.41, 5.74) is -0.356. The number of rotatable bonds is 1. The van der Waals surface area contributed by atoms with E-state index in [0.29, 0.717) is 0 Å². The van der Waals surface area contributed by atoms with E-state index in [4.69, 9.17) is 14.7 Å². The van der Waals surface area contributed by atoms with Crippen LogP contribution < -0.4 is 5.32 Å². The van der Waals surface area contributed by atoms with Gasteiger partial charge < -0.3 is 25.1 Å². The molecule has 0 aromatic carbocycles. The zero-order chi connectivity index (χ0) is 13.5. The lowest BCUT2D eigenvalue weighted by Crippen LogP contribution is -2.49. The lowest BCUT2D eigenvalue weighted by molar-refractivity contribution is 0.0495. The van der Waals surface area contributed by atoms with E-state index in [1.54, 1.807) is 20.8 Å². The van der Waals surface area contributed by atoms with Crippen LogP contribution in [-0.4, -0.2) is 52.1 Å². The molecule has 2 fully saturated rings. The fraction of sp³-hybridized carbons (Fsp3) is 0.818. The van der Waals surface area contributed by atoms with Crippen molar-refractivity contribution in [1.82, 2.24) is 5.32 Å². The Bertz CT molecular complexity index is 376. The van der Waals surface area contributed by atoms with E-state index < -0.39 is 23.9 Å². The molecule has 0 bridgehead atoms. The second-order valence-electron chi connectivity index (χ2n) is 5.56. The number of hydrogen-bond donors (Lipinski definition) is 3. The number of nitrogens with one attached hydrogen (secondary N) is 1. The topological polar surface area (TPSA) is 104 Å². The first kappa shape index (κ1) is 13.1. The SMILES string of the molecule is CC(C)(C)OC(=O)N[C@@H]1C/C(=N/O)[C@H](O)[C@@H]2O[C@@H]21. The van der Waals surface area contributed by atoms with E-state index in [1.165, 1.54) is 0 Å². The van der Waals surface area contributed by atoms with Crippen molar-refractivity contribution in [1.29, 1.82) is 0 Å². The van der Waals surface area contributed by atoms with Crippen molar-refractivity contribution in [2.75, 3.05) is 0 Å². The Morgan fingerprint density at radius 3 is 2.72 bits per heavy atom. The summed E-state index contributed by atoms with van der Waals surface area (Å²) < 4.78 is 10.4. The van der Waals surface area contributed by atoms with Gasteiger partial charge in [0.1, 0.15) is 23.9 Å². The molecule has 1 aliphatic carbocycles. The van der Waals surface area contributed by atoms with Crippen molar-refractivity contribution < 1.29 is 24.6 Å². The number of alkyl carbamates (subject to hydrolysis) is 1. The number of aliphatic hydroxyl groups excluding tert-OH is 1. The Kier molecular flexibility index (Phi) is 3.20. The van der Waals surface area contributed by atoms with Gasteiger partial charge in [0.2, 0.25) is 0 Å². The summed E-state index contributed by atoms with van der Waals surface area (Å²) in [4.78, 5) is 11.6. The highest BCUT2D eigenvalue weighted by Gasteiger charge is 2.56. The van der Waals surface area contributed by atoms with Gasteiger partial charge in [-0.2, -0.15) is 0 Å². The van der Waals surface area contributed by atoms with Crippen molar-refractivity contribution >= 4 is 11.8 Å². The van der Waals surface area contributed by atoms with E-state index in [1.807, 2.05) is 0 Å². The number of amides is 1. The third-order valence-electron chi connectivity index (χ3n) is 2.87.